The van der Waals surface area contributed by atoms with E-state index in [1.54, 1.807) is 0 Å². The number of nitriles is 1. The van der Waals surface area contributed by atoms with Crippen LogP contribution in [0.2, 0.25) is 0 Å². The number of nitrogens with zero attached hydrogens (tertiary/aromatic N) is 1. The van der Waals surface area contributed by atoms with Crippen LogP contribution in [0.3, 0.4) is 0 Å². The smallest absolute Gasteiger partial charge is 0.241 e. The first-order valence-corrected chi connectivity index (χ1v) is 7.55. The second-order valence-corrected chi connectivity index (χ2v) is 6.60. The number of nitrogens with one attached hydrogen (secondary N) is 1. The average Bonchev–Trinajstić information content (AvgIpc) is 2.38. The van der Waals surface area contributed by atoms with Gasteiger partial charge in [0, 0.05) is 18.8 Å². The maximum absolute atomic E-state index is 12.3. The van der Waals surface area contributed by atoms with Crippen LogP contribution in [0.1, 0.15) is 25.3 Å². The zero-order valence-corrected chi connectivity index (χ0v) is 11.5. The number of hydrogen-bond acceptors (Lipinski definition) is 4. The first-order valence-electron chi connectivity index (χ1n) is 6.07. The summed E-state index contributed by atoms with van der Waals surface area (Å²) < 4.78 is 32.5. The van der Waals surface area contributed by atoms with Crippen molar-refractivity contribution in [2.45, 2.75) is 30.2 Å². The van der Waals surface area contributed by atoms with E-state index in [9.17, 15) is 8.42 Å². The lowest BCUT2D eigenvalue weighted by Gasteiger charge is -2.33. The maximum atomic E-state index is 12.3. The van der Waals surface area contributed by atoms with E-state index in [0.717, 1.165) is 0 Å². The molecule has 6 heteroatoms. The van der Waals surface area contributed by atoms with Gasteiger partial charge in [0.1, 0.15) is 0 Å². The summed E-state index contributed by atoms with van der Waals surface area (Å²) >= 11 is 0. The number of benzene rings is 1. The molecule has 1 aromatic rings. The zero-order chi connectivity index (χ0) is 13.9. The number of sulfonamides is 1. The maximum Gasteiger partial charge on any atom is 0.241 e. The van der Waals surface area contributed by atoms with Crippen molar-refractivity contribution in [1.82, 2.24) is 4.72 Å². The molecule has 1 saturated heterocycles. The van der Waals surface area contributed by atoms with Crippen LogP contribution in [0.15, 0.2) is 29.2 Å². The third-order valence-electron chi connectivity index (χ3n) is 3.27. The lowest BCUT2D eigenvalue weighted by atomic mass is 9.94. The van der Waals surface area contributed by atoms with Crippen LogP contribution in [-0.2, 0) is 14.8 Å². The molecule has 5 nitrogen and oxygen atoms in total. The van der Waals surface area contributed by atoms with Crippen molar-refractivity contribution < 1.29 is 13.2 Å². The quantitative estimate of drug-likeness (QED) is 0.907. The molecule has 0 spiro atoms. The number of ether oxygens (including phenoxy) is 1. The molecule has 0 bridgehead atoms. The fourth-order valence-corrected chi connectivity index (χ4v) is 3.48. The molecule has 0 amide bonds. The second-order valence-electron chi connectivity index (χ2n) is 4.91. The topological polar surface area (TPSA) is 79.2 Å². The highest BCUT2D eigenvalue weighted by molar-refractivity contribution is 7.89. The van der Waals surface area contributed by atoms with Crippen LogP contribution < -0.4 is 4.72 Å². The molecule has 1 fully saturated rings. The Hall–Kier alpha value is -1.42. The van der Waals surface area contributed by atoms with Crippen LogP contribution in [0.25, 0.3) is 0 Å². The van der Waals surface area contributed by atoms with E-state index in [1.807, 2.05) is 13.0 Å². The lowest BCUT2D eigenvalue weighted by Crippen LogP contribution is -2.49. The van der Waals surface area contributed by atoms with Crippen molar-refractivity contribution in [3.8, 4) is 6.07 Å². The molecule has 0 unspecified atom stereocenters. The molecule has 19 heavy (non-hydrogen) atoms. The summed E-state index contributed by atoms with van der Waals surface area (Å²) in [6.07, 6.45) is 1.31. The minimum absolute atomic E-state index is 0.180. The summed E-state index contributed by atoms with van der Waals surface area (Å²) in [4.78, 5) is 0.180. The van der Waals surface area contributed by atoms with Gasteiger partial charge < -0.3 is 4.74 Å². The van der Waals surface area contributed by atoms with Crippen molar-refractivity contribution in [1.29, 1.82) is 5.26 Å². The van der Waals surface area contributed by atoms with Crippen molar-refractivity contribution in [3.05, 3.63) is 29.8 Å². The average molecular weight is 280 g/mol. The van der Waals surface area contributed by atoms with Gasteiger partial charge in [-0.15, -0.1) is 0 Å². The van der Waals surface area contributed by atoms with Gasteiger partial charge in [-0.25, -0.2) is 13.1 Å². The molecule has 1 N–H and O–H groups in total. The third kappa shape index (κ3) is 3.32. The predicted molar refractivity (Wildman–Crippen MR) is 69.9 cm³/mol. The van der Waals surface area contributed by atoms with Crippen molar-refractivity contribution in [3.63, 3.8) is 0 Å². The van der Waals surface area contributed by atoms with Crippen molar-refractivity contribution in [2.24, 2.45) is 0 Å². The Morgan fingerprint density at radius 3 is 2.37 bits per heavy atom. The molecular formula is C13H16N2O3S. The van der Waals surface area contributed by atoms with Crippen LogP contribution in [0.4, 0.5) is 0 Å². The van der Waals surface area contributed by atoms with Gasteiger partial charge >= 0.3 is 0 Å². The Morgan fingerprint density at radius 1 is 1.26 bits per heavy atom. The number of hydrogen-bond donors (Lipinski definition) is 1. The fourth-order valence-electron chi connectivity index (χ4n) is 2.02. The second kappa shape index (κ2) is 5.29. The molecule has 0 atom stereocenters. The Labute approximate surface area is 113 Å². The van der Waals surface area contributed by atoms with Crippen molar-refractivity contribution >= 4 is 10.0 Å². The van der Waals surface area contributed by atoms with E-state index in [1.165, 1.54) is 24.3 Å². The molecule has 2 rings (SSSR count). The van der Waals surface area contributed by atoms with E-state index < -0.39 is 15.6 Å². The third-order valence-corrected chi connectivity index (χ3v) is 4.93. The molecule has 0 saturated carbocycles. The zero-order valence-electron chi connectivity index (χ0n) is 10.7. The van der Waals surface area contributed by atoms with Gasteiger partial charge in [0.15, 0.2) is 0 Å². The van der Waals surface area contributed by atoms with Crippen LogP contribution in [0.5, 0.6) is 0 Å². The Kier molecular flexibility index (Phi) is 3.90. The summed E-state index contributed by atoms with van der Waals surface area (Å²) in [5.74, 6) is 0. The summed E-state index contributed by atoms with van der Waals surface area (Å²) in [7, 11) is -3.56. The molecular weight excluding hydrogens is 264 g/mol. The Bertz CT molecular complexity index is 581. The minimum Gasteiger partial charge on any atom is -0.381 e. The molecule has 1 heterocycles. The van der Waals surface area contributed by atoms with E-state index >= 15 is 0 Å². The molecule has 1 aromatic carbocycles. The molecule has 1 aliphatic rings. The SMILES string of the molecule is CC1(NS(=O)(=O)c2ccc(C#N)cc2)CCOCC1. The van der Waals surface area contributed by atoms with E-state index in [4.69, 9.17) is 10.00 Å². The Balaban J connectivity index is 2.19. The molecule has 1 aliphatic heterocycles. The van der Waals surface area contributed by atoms with Gasteiger partial charge in [-0.1, -0.05) is 0 Å². The van der Waals surface area contributed by atoms with E-state index in [0.29, 0.717) is 31.6 Å². The van der Waals surface area contributed by atoms with Gasteiger partial charge in [-0.05, 0) is 44.0 Å². The van der Waals surface area contributed by atoms with Crippen LogP contribution in [0, 0.1) is 11.3 Å². The van der Waals surface area contributed by atoms with E-state index in [2.05, 4.69) is 4.72 Å². The summed E-state index contributed by atoms with van der Waals surface area (Å²) in [6.45, 7) is 3.01. The highest BCUT2D eigenvalue weighted by Gasteiger charge is 2.32. The van der Waals surface area contributed by atoms with Crippen LogP contribution >= 0.6 is 0 Å². The molecule has 0 aromatic heterocycles. The van der Waals surface area contributed by atoms with Gasteiger partial charge in [-0.2, -0.15) is 5.26 Å². The molecule has 102 valence electrons. The van der Waals surface area contributed by atoms with E-state index in [-0.39, 0.29) is 4.90 Å². The van der Waals surface area contributed by atoms with Crippen molar-refractivity contribution in [2.75, 3.05) is 13.2 Å². The highest BCUT2D eigenvalue weighted by atomic mass is 32.2. The molecule has 0 aliphatic carbocycles. The molecule has 0 radical (unpaired) electrons. The largest absolute Gasteiger partial charge is 0.381 e. The van der Waals surface area contributed by atoms with Gasteiger partial charge in [-0.3, -0.25) is 0 Å². The van der Waals surface area contributed by atoms with Gasteiger partial charge in [0.2, 0.25) is 10.0 Å². The van der Waals surface area contributed by atoms with Gasteiger partial charge in [0.05, 0.1) is 16.5 Å². The minimum atomic E-state index is -3.56. The number of rotatable bonds is 3. The fraction of sp³-hybridized carbons (Fsp3) is 0.462. The Morgan fingerprint density at radius 2 is 1.84 bits per heavy atom. The first-order chi connectivity index (χ1) is 8.95. The summed E-state index contributed by atoms with van der Waals surface area (Å²) in [5.41, 5.74) is -0.0263. The summed E-state index contributed by atoms with van der Waals surface area (Å²) in [5, 5.41) is 8.70. The van der Waals surface area contributed by atoms with Gasteiger partial charge in [0.25, 0.3) is 0 Å². The monoisotopic (exact) mass is 280 g/mol. The highest BCUT2D eigenvalue weighted by Crippen LogP contribution is 2.23. The normalized spacial score (nSPS) is 18.7. The first kappa shape index (κ1) is 14.0. The van der Waals surface area contributed by atoms with Crippen LogP contribution in [-0.4, -0.2) is 27.2 Å². The summed E-state index contributed by atoms with van der Waals surface area (Å²) in [6, 6.07) is 7.86. The standard InChI is InChI=1S/C13H16N2O3S/c1-13(6-8-18-9-7-13)15-19(16,17)12-4-2-11(10-14)3-5-12/h2-5,15H,6-9H2,1H3. The predicted octanol–water partition coefficient (Wildman–Crippen LogP) is 1.41. The lowest BCUT2D eigenvalue weighted by molar-refractivity contribution is 0.0537.